The van der Waals surface area contributed by atoms with Crippen molar-refractivity contribution in [3.63, 3.8) is 0 Å². The monoisotopic (exact) mass is 584 g/mol. The average molecular weight is 584 g/mol. The summed E-state index contributed by atoms with van der Waals surface area (Å²) in [5, 5.41) is 21.2. The van der Waals surface area contributed by atoms with Crippen molar-refractivity contribution in [3.05, 3.63) is 47.6 Å². The van der Waals surface area contributed by atoms with Gasteiger partial charge in [0, 0.05) is 37.8 Å². The van der Waals surface area contributed by atoms with Crippen molar-refractivity contribution < 1.29 is 60.2 Å². The summed E-state index contributed by atoms with van der Waals surface area (Å²) >= 11 is 0. The number of hydrogen-bond acceptors (Lipinski definition) is 8. The Morgan fingerprint density at radius 2 is 1.68 bits per heavy atom. The number of carboxylic acid groups (broad SMARTS) is 2. The normalized spacial score (nSPS) is 20.4. The number of fused-ring (bicyclic) bond motifs is 1. The molecule has 0 aromatic carbocycles. The van der Waals surface area contributed by atoms with E-state index in [0.29, 0.717) is 18.9 Å². The Morgan fingerprint density at radius 1 is 1.05 bits per heavy atom. The second kappa shape index (κ2) is 14.1. The first kappa shape index (κ1) is 32.5. The fourth-order valence-corrected chi connectivity index (χ4v) is 3.90. The Hall–Kier alpha value is -3.73. The van der Waals surface area contributed by atoms with Crippen LogP contribution in [0.4, 0.5) is 26.3 Å². The molecule has 0 aliphatic carbocycles. The predicted molar refractivity (Wildman–Crippen MR) is 121 cm³/mol. The van der Waals surface area contributed by atoms with E-state index in [4.69, 9.17) is 29.1 Å². The van der Waals surface area contributed by atoms with E-state index in [0.717, 1.165) is 43.2 Å². The number of alkyl halides is 6. The quantitative estimate of drug-likeness (QED) is 0.432. The Kier molecular flexibility index (Phi) is 11.4. The Bertz CT molecular complexity index is 1090. The minimum atomic E-state index is -5.08. The highest BCUT2D eigenvalue weighted by Crippen LogP contribution is 2.34. The molecule has 3 N–H and O–H groups in total. The molecule has 4 heterocycles. The maximum Gasteiger partial charge on any atom is 0.490 e. The topological polar surface area (TPSA) is 155 Å². The molecule has 0 bridgehead atoms. The number of aryl methyl sites for hydroxylation is 1. The van der Waals surface area contributed by atoms with Gasteiger partial charge in [0.1, 0.15) is 5.76 Å². The number of likely N-dealkylation sites (tertiary alicyclic amines) is 1. The van der Waals surface area contributed by atoms with Crippen LogP contribution in [0.3, 0.4) is 0 Å². The number of pyridine rings is 1. The Balaban J connectivity index is 0.000000333. The summed E-state index contributed by atoms with van der Waals surface area (Å²) in [5.74, 6) is -4.15. The maximum absolute atomic E-state index is 12.2. The van der Waals surface area contributed by atoms with Crippen molar-refractivity contribution in [2.75, 3.05) is 13.1 Å². The number of nitrogens with zero attached hydrogens (tertiary/aromatic N) is 3. The van der Waals surface area contributed by atoms with Gasteiger partial charge in [0.05, 0.1) is 36.6 Å². The smallest absolute Gasteiger partial charge is 0.475 e. The molecule has 0 radical (unpaired) electrons. The van der Waals surface area contributed by atoms with Gasteiger partial charge in [0.25, 0.3) is 0 Å². The first-order valence-corrected chi connectivity index (χ1v) is 11.6. The lowest BCUT2D eigenvalue weighted by molar-refractivity contribution is -0.193. The summed E-state index contributed by atoms with van der Waals surface area (Å²) in [6.07, 6.45) is -6.84. The second-order valence-corrected chi connectivity index (χ2v) is 8.82. The van der Waals surface area contributed by atoms with Gasteiger partial charge in [-0.15, -0.1) is 0 Å². The van der Waals surface area contributed by atoms with E-state index in [1.54, 1.807) is 6.20 Å². The Labute approximate surface area is 223 Å². The van der Waals surface area contributed by atoms with Crippen molar-refractivity contribution in [3.8, 4) is 0 Å². The predicted octanol–water partition coefficient (Wildman–Crippen LogP) is 2.94. The van der Waals surface area contributed by atoms with Gasteiger partial charge in [-0.05, 0) is 25.5 Å². The van der Waals surface area contributed by atoms with Crippen molar-refractivity contribution in [2.24, 2.45) is 5.92 Å². The number of hydrogen-bond donors (Lipinski definition) is 3. The zero-order chi connectivity index (χ0) is 30.1. The van der Waals surface area contributed by atoms with Crippen LogP contribution in [0, 0.1) is 12.8 Å². The van der Waals surface area contributed by atoms with E-state index in [1.165, 1.54) is 0 Å². The third-order valence-corrected chi connectivity index (χ3v) is 5.54. The molecule has 2 saturated heterocycles. The maximum atomic E-state index is 12.2. The van der Waals surface area contributed by atoms with Crippen molar-refractivity contribution >= 4 is 17.8 Å². The van der Waals surface area contributed by atoms with Crippen LogP contribution in [-0.2, 0) is 32.2 Å². The van der Waals surface area contributed by atoms with Crippen LogP contribution in [0.25, 0.3) is 0 Å². The fourth-order valence-electron chi connectivity index (χ4n) is 3.90. The van der Waals surface area contributed by atoms with Gasteiger partial charge < -0.3 is 24.8 Å². The van der Waals surface area contributed by atoms with Crippen LogP contribution in [0.2, 0.25) is 0 Å². The van der Waals surface area contributed by atoms with Gasteiger partial charge in [0.15, 0.2) is 0 Å². The van der Waals surface area contributed by atoms with Crippen LogP contribution < -0.4 is 5.32 Å². The highest BCUT2D eigenvalue weighted by molar-refractivity contribution is 5.76. The molecule has 2 aliphatic heterocycles. The highest BCUT2D eigenvalue weighted by atomic mass is 19.4. The SMILES string of the molecule is Cc1cc(CN2C[C@@H]3C[C@@H](CC(=O)NCc4ccccn4)O[C@@H]3C2)no1.O=C(O)C(F)(F)F.O=C(O)C(F)(F)F. The number of rotatable bonds is 6. The summed E-state index contributed by atoms with van der Waals surface area (Å²) in [5.41, 5.74) is 1.83. The van der Waals surface area contributed by atoms with Crippen LogP contribution >= 0.6 is 0 Å². The molecule has 40 heavy (non-hydrogen) atoms. The van der Waals surface area contributed by atoms with Crippen LogP contribution in [0.15, 0.2) is 35.0 Å². The molecule has 0 unspecified atom stereocenters. The van der Waals surface area contributed by atoms with Crippen molar-refractivity contribution in [1.82, 2.24) is 20.4 Å². The molecule has 2 aliphatic rings. The molecule has 0 spiro atoms. The van der Waals surface area contributed by atoms with Gasteiger partial charge in [-0.2, -0.15) is 26.3 Å². The van der Waals surface area contributed by atoms with E-state index < -0.39 is 24.3 Å². The summed E-state index contributed by atoms with van der Waals surface area (Å²) < 4.78 is 74.7. The molecule has 222 valence electrons. The van der Waals surface area contributed by atoms with Crippen molar-refractivity contribution in [2.45, 2.75) is 57.4 Å². The van der Waals surface area contributed by atoms with Gasteiger partial charge in [-0.3, -0.25) is 14.7 Å². The third-order valence-electron chi connectivity index (χ3n) is 5.54. The van der Waals surface area contributed by atoms with Crippen molar-refractivity contribution in [1.29, 1.82) is 0 Å². The highest BCUT2D eigenvalue weighted by Gasteiger charge is 2.42. The standard InChI is InChI=1S/C19H24N4O3.2C2HF3O2/c1-13-6-16(22-26-13)11-23-10-14-7-17(25-18(14)12-23)8-19(24)21-9-15-4-2-3-5-20-15;2*3-2(4,5)1(6)7/h2-6,14,17-18H,7-12H2,1H3,(H,21,24);2*(H,6,7)/t14-,17-,18+;;/m0../s1. The van der Waals surface area contributed by atoms with E-state index >= 15 is 0 Å². The lowest BCUT2D eigenvalue weighted by Crippen LogP contribution is -2.29. The first-order valence-electron chi connectivity index (χ1n) is 11.6. The molecule has 1 amide bonds. The first-order chi connectivity index (χ1) is 18.5. The van der Waals surface area contributed by atoms with Gasteiger partial charge in [0.2, 0.25) is 5.91 Å². The molecule has 0 saturated carbocycles. The fraction of sp³-hybridized carbons (Fsp3) is 0.522. The molecule has 2 aromatic heterocycles. The van der Waals surface area contributed by atoms with Gasteiger partial charge in [-0.25, -0.2) is 9.59 Å². The van der Waals surface area contributed by atoms with Gasteiger partial charge >= 0.3 is 24.3 Å². The van der Waals surface area contributed by atoms with E-state index in [-0.39, 0.29) is 18.1 Å². The van der Waals surface area contributed by atoms with E-state index in [2.05, 4.69) is 20.4 Å². The summed E-state index contributed by atoms with van der Waals surface area (Å²) in [6, 6.07) is 7.66. The van der Waals surface area contributed by atoms with Crippen LogP contribution in [0.1, 0.15) is 30.0 Å². The largest absolute Gasteiger partial charge is 0.490 e. The number of aromatic nitrogens is 2. The summed E-state index contributed by atoms with van der Waals surface area (Å²) in [7, 11) is 0. The summed E-state index contributed by atoms with van der Waals surface area (Å²) in [6.45, 7) is 5.04. The van der Waals surface area contributed by atoms with E-state index in [9.17, 15) is 31.1 Å². The number of amides is 1. The molecule has 4 rings (SSSR count). The second-order valence-electron chi connectivity index (χ2n) is 8.82. The molecule has 3 atom stereocenters. The molecule has 17 heteroatoms. The lowest BCUT2D eigenvalue weighted by Gasteiger charge is -2.17. The molecule has 11 nitrogen and oxygen atoms in total. The number of carbonyl (C=O) groups excluding carboxylic acids is 1. The number of halogens is 6. The third kappa shape index (κ3) is 11.2. The number of ether oxygens (including phenoxy) is 1. The zero-order valence-electron chi connectivity index (χ0n) is 20.9. The lowest BCUT2D eigenvalue weighted by atomic mass is 10.0. The number of carbonyl (C=O) groups is 3. The van der Waals surface area contributed by atoms with Crippen LogP contribution in [0.5, 0.6) is 0 Å². The minimum absolute atomic E-state index is 0.0187. The zero-order valence-corrected chi connectivity index (χ0v) is 20.9. The van der Waals surface area contributed by atoms with Crippen LogP contribution in [-0.4, -0.2) is 80.7 Å². The van der Waals surface area contributed by atoms with E-state index in [1.807, 2.05) is 31.2 Å². The number of nitrogens with one attached hydrogen (secondary N) is 1. The molecular formula is C23H26F6N4O7. The number of aliphatic carboxylic acids is 2. The van der Waals surface area contributed by atoms with Gasteiger partial charge in [-0.1, -0.05) is 11.2 Å². The minimum Gasteiger partial charge on any atom is -0.475 e. The molecule has 2 aromatic rings. The Morgan fingerprint density at radius 3 is 2.15 bits per heavy atom. The average Bonchev–Trinajstić information content (AvgIpc) is 3.53. The summed E-state index contributed by atoms with van der Waals surface area (Å²) in [4.78, 5) is 36.5. The molecular weight excluding hydrogens is 558 g/mol. The number of carboxylic acids is 2. The molecule has 2 fully saturated rings.